The number of aromatic carboxylic acids is 1. The first-order chi connectivity index (χ1) is 39.8. The normalized spacial score (nSPS) is 11.7. The molecule has 432 valence electrons. The van der Waals surface area contributed by atoms with Crippen LogP contribution >= 0.6 is 0 Å². The molecule has 0 aliphatic heterocycles. The minimum absolute atomic E-state index is 0.0147. The van der Waals surface area contributed by atoms with Crippen LogP contribution in [0.5, 0.6) is 0 Å². The van der Waals surface area contributed by atoms with Gasteiger partial charge in [0.05, 0.1) is 25.2 Å². The van der Waals surface area contributed by atoms with Crippen LogP contribution in [0.2, 0.25) is 0 Å². The number of rotatable bonds is 24. The highest BCUT2D eigenvalue weighted by atomic mass is 16.6. The molecule has 0 aliphatic carbocycles. The van der Waals surface area contributed by atoms with Gasteiger partial charge >= 0.3 is 30.3 Å². The van der Waals surface area contributed by atoms with Gasteiger partial charge in [-0.2, -0.15) is 0 Å². The van der Waals surface area contributed by atoms with Crippen LogP contribution in [-0.2, 0) is 53.2 Å². The monoisotopic (exact) mass is 1140 g/mol. The standard InChI is InChI=1S/C59H61N9O15/c1-59(2,3)83-58(79)68-48(33-62-57(78)82-36-39-20-11-6-12-21-39)53(73)64-44-26-14-23-41(29-44)50(70)66-46(31-60-55(76)80-34-37-16-7-4-8-17-37)51(71)63-43-25-13-22-40(28-43)49(69)67-47(32-61-56(77)81-35-38-18-9-5-10-19-38)52(72)65-45-27-15-24-42(30-45)54(74)75/h4-30,46-48H,31-36H2,1-3H3,(H,60,76)(H,61,77)(H,62,78)(H,63,71)(H,64,73)(H,65,72)(H,66,70)(H,67,69)(H,68,79)(H,74,75)/t46-,47-,48-/m1/s1. The zero-order valence-corrected chi connectivity index (χ0v) is 45.2. The molecule has 0 saturated heterocycles. The maximum Gasteiger partial charge on any atom is 0.408 e. The van der Waals surface area contributed by atoms with E-state index in [1.807, 2.05) is 0 Å². The van der Waals surface area contributed by atoms with Crippen LogP contribution in [0.1, 0.15) is 68.5 Å². The van der Waals surface area contributed by atoms with Crippen molar-refractivity contribution in [2.24, 2.45) is 0 Å². The molecule has 0 radical (unpaired) electrons. The molecule has 3 atom stereocenters. The summed E-state index contributed by atoms with van der Waals surface area (Å²) < 4.78 is 21.2. The van der Waals surface area contributed by atoms with Crippen molar-refractivity contribution in [2.45, 2.75) is 64.3 Å². The van der Waals surface area contributed by atoms with Crippen molar-refractivity contribution in [1.82, 2.24) is 31.9 Å². The fourth-order valence-corrected chi connectivity index (χ4v) is 7.33. The first kappa shape index (κ1) is 61.4. The second kappa shape index (κ2) is 30.5. The van der Waals surface area contributed by atoms with Gasteiger partial charge in [-0.1, -0.05) is 109 Å². The number of carboxylic acids is 1. The van der Waals surface area contributed by atoms with Crippen molar-refractivity contribution in [3.63, 3.8) is 0 Å². The van der Waals surface area contributed by atoms with E-state index in [0.29, 0.717) is 16.7 Å². The molecular weight excluding hydrogens is 1070 g/mol. The minimum atomic E-state index is -1.54. The predicted molar refractivity (Wildman–Crippen MR) is 302 cm³/mol. The van der Waals surface area contributed by atoms with Gasteiger partial charge in [0, 0.05) is 28.2 Å². The number of anilines is 3. The van der Waals surface area contributed by atoms with E-state index in [0.717, 1.165) is 0 Å². The molecule has 0 aliphatic rings. The number of benzene rings is 6. The fraction of sp³-hybridized carbons (Fsp3) is 0.220. The zero-order valence-electron chi connectivity index (χ0n) is 45.2. The van der Waals surface area contributed by atoms with Crippen molar-refractivity contribution < 1.29 is 72.0 Å². The van der Waals surface area contributed by atoms with E-state index in [4.69, 9.17) is 18.9 Å². The van der Waals surface area contributed by atoms with E-state index in [-0.39, 0.29) is 53.6 Å². The van der Waals surface area contributed by atoms with Gasteiger partial charge in [-0.3, -0.25) is 24.0 Å². The van der Waals surface area contributed by atoms with E-state index >= 15 is 0 Å². The Morgan fingerprint density at radius 2 is 0.711 bits per heavy atom. The molecule has 0 spiro atoms. The minimum Gasteiger partial charge on any atom is -0.478 e. The second-order valence-corrected chi connectivity index (χ2v) is 19.1. The van der Waals surface area contributed by atoms with Crippen LogP contribution in [-0.4, -0.2) is 108 Å². The number of ether oxygens (including phenoxy) is 4. The molecule has 24 heteroatoms. The lowest BCUT2D eigenvalue weighted by molar-refractivity contribution is -0.118. The van der Waals surface area contributed by atoms with E-state index in [1.165, 1.54) is 72.8 Å². The first-order valence-corrected chi connectivity index (χ1v) is 25.7. The van der Waals surface area contributed by atoms with Gasteiger partial charge < -0.3 is 71.9 Å². The number of nitrogens with one attached hydrogen (secondary N) is 9. The summed E-state index contributed by atoms with van der Waals surface area (Å²) in [6, 6.07) is 38.2. The number of amides is 9. The fourth-order valence-electron chi connectivity index (χ4n) is 7.33. The third-order valence-electron chi connectivity index (χ3n) is 11.4. The predicted octanol–water partition coefficient (Wildman–Crippen LogP) is 6.47. The molecule has 0 bridgehead atoms. The van der Waals surface area contributed by atoms with Crippen molar-refractivity contribution >= 4 is 76.9 Å². The quantitative estimate of drug-likeness (QED) is 0.0290. The number of carbonyl (C=O) groups is 10. The van der Waals surface area contributed by atoms with Crippen LogP contribution in [0.15, 0.2) is 164 Å². The average molecular weight is 1140 g/mol. The summed E-state index contributed by atoms with van der Waals surface area (Å²) in [6.07, 6.45) is -3.71. The molecule has 0 fully saturated rings. The Kier molecular flexibility index (Phi) is 22.6. The van der Waals surface area contributed by atoms with Crippen molar-refractivity contribution in [3.8, 4) is 0 Å². The summed E-state index contributed by atoms with van der Waals surface area (Å²) in [5.41, 5.74) is 0.947. The van der Waals surface area contributed by atoms with Gasteiger partial charge in [-0.05, 0) is 92.1 Å². The molecule has 6 aromatic carbocycles. The highest BCUT2D eigenvalue weighted by molar-refractivity contribution is 6.05. The lowest BCUT2D eigenvalue weighted by atomic mass is 10.1. The SMILES string of the molecule is CC(C)(C)OC(=O)N[C@H](CNC(=O)OCc1ccccc1)C(=O)Nc1cccc(C(=O)N[C@H](CNC(=O)OCc2ccccc2)C(=O)Nc2cccc(C(=O)N[C@H](CNC(=O)OCc3ccccc3)C(=O)Nc3cccc(C(=O)O)c3)c2)c1. The Morgan fingerprint density at radius 3 is 1.04 bits per heavy atom. The van der Waals surface area contributed by atoms with Crippen LogP contribution < -0.4 is 47.9 Å². The third kappa shape index (κ3) is 21.4. The summed E-state index contributed by atoms with van der Waals surface area (Å²) in [5, 5.41) is 32.1. The largest absolute Gasteiger partial charge is 0.478 e. The summed E-state index contributed by atoms with van der Waals surface area (Å²) >= 11 is 0. The van der Waals surface area contributed by atoms with Crippen LogP contribution in [0.25, 0.3) is 0 Å². The Labute approximate surface area is 476 Å². The van der Waals surface area contributed by atoms with Crippen molar-refractivity contribution in [3.05, 3.63) is 197 Å². The van der Waals surface area contributed by atoms with Crippen LogP contribution in [0, 0.1) is 0 Å². The maximum atomic E-state index is 14.1. The second-order valence-electron chi connectivity index (χ2n) is 19.1. The molecule has 0 aromatic heterocycles. The van der Waals surface area contributed by atoms with Crippen LogP contribution in [0.3, 0.4) is 0 Å². The molecule has 6 rings (SSSR count). The third-order valence-corrected chi connectivity index (χ3v) is 11.4. The summed E-state index contributed by atoms with van der Waals surface area (Å²) in [5.74, 6) is -5.55. The summed E-state index contributed by atoms with van der Waals surface area (Å²) in [4.78, 5) is 132. The average Bonchev–Trinajstić information content (AvgIpc) is 3.49. The topological polar surface area (TPSA) is 336 Å². The Balaban J connectivity index is 1.15. The molecule has 0 saturated carbocycles. The van der Waals surface area contributed by atoms with Crippen LogP contribution in [0.4, 0.5) is 36.2 Å². The maximum absolute atomic E-state index is 14.1. The van der Waals surface area contributed by atoms with Gasteiger partial charge in [-0.25, -0.2) is 24.0 Å². The van der Waals surface area contributed by atoms with Gasteiger partial charge in [0.2, 0.25) is 17.7 Å². The van der Waals surface area contributed by atoms with Gasteiger partial charge in [0.1, 0.15) is 43.5 Å². The molecule has 83 heavy (non-hydrogen) atoms. The molecule has 0 unspecified atom stereocenters. The Bertz CT molecular complexity index is 3250. The Hall–Kier alpha value is -10.8. The van der Waals surface area contributed by atoms with E-state index in [2.05, 4.69) is 47.9 Å². The number of alkyl carbamates (subject to hydrolysis) is 4. The van der Waals surface area contributed by atoms with Crippen molar-refractivity contribution in [1.29, 1.82) is 0 Å². The lowest BCUT2D eigenvalue weighted by Gasteiger charge is -2.23. The Morgan fingerprint density at radius 1 is 0.398 bits per heavy atom. The van der Waals surface area contributed by atoms with Crippen molar-refractivity contribution in [2.75, 3.05) is 35.6 Å². The zero-order chi connectivity index (χ0) is 59.7. The van der Waals surface area contributed by atoms with E-state index < -0.39 is 103 Å². The number of hydrogen-bond acceptors (Lipinski definition) is 14. The highest BCUT2D eigenvalue weighted by Crippen LogP contribution is 2.16. The molecule has 24 nitrogen and oxygen atoms in total. The van der Waals surface area contributed by atoms with Gasteiger partial charge in [-0.15, -0.1) is 0 Å². The first-order valence-electron chi connectivity index (χ1n) is 25.7. The molecule has 10 N–H and O–H groups in total. The number of hydrogen-bond donors (Lipinski definition) is 10. The number of carboxylic acid groups (broad SMARTS) is 1. The summed E-state index contributed by atoms with van der Waals surface area (Å²) in [7, 11) is 0. The summed E-state index contributed by atoms with van der Waals surface area (Å²) in [6.45, 7) is 3.09. The molecular formula is C59H61N9O15. The highest BCUT2D eigenvalue weighted by Gasteiger charge is 2.28. The smallest absolute Gasteiger partial charge is 0.408 e. The van der Waals surface area contributed by atoms with Gasteiger partial charge in [0.25, 0.3) is 11.8 Å². The van der Waals surface area contributed by atoms with E-state index in [9.17, 15) is 53.1 Å². The van der Waals surface area contributed by atoms with Gasteiger partial charge in [0.15, 0.2) is 0 Å². The van der Waals surface area contributed by atoms with E-state index in [1.54, 1.807) is 112 Å². The lowest BCUT2D eigenvalue weighted by Crippen LogP contribution is -2.51. The molecule has 0 heterocycles. The molecule has 6 aromatic rings. The number of carbonyl (C=O) groups excluding carboxylic acids is 9. The molecule has 9 amide bonds.